The van der Waals surface area contributed by atoms with Crippen molar-refractivity contribution in [2.24, 2.45) is 0 Å². The number of carbonyl (C=O) groups is 1. The van der Waals surface area contributed by atoms with E-state index in [1.54, 1.807) is 19.2 Å². The zero-order valence-corrected chi connectivity index (χ0v) is 14.1. The van der Waals surface area contributed by atoms with E-state index in [0.717, 1.165) is 27.8 Å². The first-order valence-corrected chi connectivity index (χ1v) is 7.47. The fourth-order valence-corrected chi connectivity index (χ4v) is 2.54. The molecule has 0 fully saturated rings. The largest absolute Gasteiger partial charge is 0.496 e. The van der Waals surface area contributed by atoms with Crippen LogP contribution in [0.2, 0.25) is 0 Å². The van der Waals surface area contributed by atoms with Gasteiger partial charge in [0.15, 0.2) is 0 Å². The summed E-state index contributed by atoms with van der Waals surface area (Å²) in [5.41, 5.74) is 4.43. The maximum Gasteiger partial charge on any atom is 0.471 e. The first-order valence-electron chi connectivity index (χ1n) is 7.47. The zero-order chi connectivity index (χ0) is 18.8. The summed E-state index contributed by atoms with van der Waals surface area (Å²) < 4.78 is 42.3. The lowest BCUT2D eigenvalue weighted by Crippen LogP contribution is -2.29. The fraction of sp³-hybridized carbons (Fsp3) is 0.211. The van der Waals surface area contributed by atoms with Crippen LogP contribution < -0.4 is 10.1 Å². The first kappa shape index (κ1) is 18.6. The Labute approximate surface area is 144 Å². The molecule has 0 spiro atoms. The minimum absolute atomic E-state index is 0.0780. The standard InChI is InChI=1S/C19H18F3NO2/c1-11(2)15-9-10-16(12(3)17(15)25-4)13-5-7-14(8-6-13)23-18(24)19(20,21)22/h5-10H,1H2,2-4H3,(H,23,24). The molecule has 0 radical (unpaired) electrons. The van der Waals surface area contributed by atoms with Gasteiger partial charge in [0.1, 0.15) is 5.75 Å². The second kappa shape index (κ2) is 7.01. The molecule has 0 saturated heterocycles. The molecular weight excluding hydrogens is 331 g/mol. The van der Waals surface area contributed by atoms with Crippen LogP contribution in [0.3, 0.4) is 0 Å². The maximum atomic E-state index is 12.3. The van der Waals surface area contributed by atoms with Crippen molar-refractivity contribution in [3.63, 3.8) is 0 Å². The van der Waals surface area contributed by atoms with Crippen molar-refractivity contribution >= 4 is 17.2 Å². The molecule has 0 bridgehead atoms. The lowest BCUT2D eigenvalue weighted by Gasteiger charge is -2.16. The van der Waals surface area contributed by atoms with Gasteiger partial charge in [0.2, 0.25) is 0 Å². The molecule has 132 valence electrons. The van der Waals surface area contributed by atoms with Crippen molar-refractivity contribution in [3.05, 3.63) is 54.1 Å². The summed E-state index contributed by atoms with van der Waals surface area (Å²) in [6.07, 6.45) is -4.92. The normalized spacial score (nSPS) is 11.1. The van der Waals surface area contributed by atoms with E-state index in [9.17, 15) is 18.0 Å². The molecule has 0 aliphatic carbocycles. The highest BCUT2D eigenvalue weighted by Gasteiger charge is 2.38. The number of alkyl halides is 3. The predicted molar refractivity (Wildman–Crippen MR) is 92.6 cm³/mol. The van der Waals surface area contributed by atoms with Crippen molar-refractivity contribution < 1.29 is 22.7 Å². The van der Waals surface area contributed by atoms with Crippen LogP contribution in [0.1, 0.15) is 18.1 Å². The molecule has 0 aromatic heterocycles. The van der Waals surface area contributed by atoms with E-state index in [1.807, 2.05) is 31.3 Å². The van der Waals surface area contributed by atoms with Gasteiger partial charge in [-0.1, -0.05) is 30.8 Å². The number of halogens is 3. The minimum Gasteiger partial charge on any atom is -0.496 e. The van der Waals surface area contributed by atoms with Crippen LogP contribution in [-0.4, -0.2) is 19.2 Å². The third kappa shape index (κ3) is 4.02. The summed E-state index contributed by atoms with van der Waals surface area (Å²) in [6.45, 7) is 7.71. The van der Waals surface area contributed by atoms with Gasteiger partial charge in [0.25, 0.3) is 0 Å². The highest BCUT2D eigenvalue weighted by molar-refractivity contribution is 5.95. The smallest absolute Gasteiger partial charge is 0.471 e. The fourth-order valence-electron chi connectivity index (χ4n) is 2.54. The molecule has 3 nitrogen and oxygen atoms in total. The summed E-state index contributed by atoms with van der Waals surface area (Å²) in [4.78, 5) is 11.0. The monoisotopic (exact) mass is 349 g/mol. The number of nitrogens with one attached hydrogen (secondary N) is 1. The summed E-state index contributed by atoms with van der Waals surface area (Å²) >= 11 is 0. The van der Waals surface area contributed by atoms with Gasteiger partial charge in [0.05, 0.1) is 7.11 Å². The Morgan fingerprint density at radius 2 is 1.72 bits per heavy atom. The Kier molecular flexibility index (Phi) is 5.21. The SMILES string of the molecule is C=C(C)c1ccc(-c2ccc(NC(=O)C(F)(F)F)cc2)c(C)c1OC. The van der Waals surface area contributed by atoms with E-state index in [4.69, 9.17) is 4.74 Å². The van der Waals surface area contributed by atoms with Crippen molar-refractivity contribution in [2.45, 2.75) is 20.0 Å². The quantitative estimate of drug-likeness (QED) is 0.823. The third-order valence-corrected chi connectivity index (χ3v) is 3.78. The van der Waals surface area contributed by atoms with Crippen LogP contribution >= 0.6 is 0 Å². The van der Waals surface area contributed by atoms with Crippen LogP contribution in [0.4, 0.5) is 18.9 Å². The Balaban J connectivity index is 2.34. The Hall–Kier alpha value is -2.76. The number of benzene rings is 2. The number of allylic oxidation sites excluding steroid dienone is 1. The van der Waals surface area contributed by atoms with Gasteiger partial charge < -0.3 is 10.1 Å². The number of methoxy groups -OCH3 is 1. The lowest BCUT2D eigenvalue weighted by atomic mass is 9.95. The average Bonchev–Trinajstić information content (AvgIpc) is 2.54. The average molecular weight is 349 g/mol. The van der Waals surface area contributed by atoms with Crippen LogP contribution in [0.5, 0.6) is 5.75 Å². The molecule has 0 aliphatic rings. The zero-order valence-electron chi connectivity index (χ0n) is 14.1. The predicted octanol–water partition coefficient (Wildman–Crippen LogP) is 5.20. The molecule has 0 unspecified atom stereocenters. The van der Waals surface area contributed by atoms with Gasteiger partial charge in [-0.15, -0.1) is 0 Å². The molecular formula is C19H18F3NO2. The van der Waals surface area contributed by atoms with E-state index >= 15 is 0 Å². The van der Waals surface area contributed by atoms with E-state index in [0.29, 0.717) is 5.75 Å². The molecule has 0 aliphatic heterocycles. The summed E-state index contributed by atoms with van der Waals surface area (Å²) in [7, 11) is 1.58. The number of amides is 1. The van der Waals surface area contributed by atoms with Gasteiger partial charge in [-0.05, 0) is 48.2 Å². The van der Waals surface area contributed by atoms with Gasteiger partial charge in [-0.25, -0.2) is 0 Å². The second-order valence-electron chi connectivity index (χ2n) is 5.63. The van der Waals surface area contributed by atoms with Crippen molar-refractivity contribution in [2.75, 3.05) is 12.4 Å². The highest BCUT2D eigenvalue weighted by atomic mass is 19.4. The first-order chi connectivity index (χ1) is 11.6. The number of rotatable bonds is 4. The van der Waals surface area contributed by atoms with Crippen molar-refractivity contribution in [3.8, 4) is 16.9 Å². The maximum absolute atomic E-state index is 12.3. The molecule has 2 aromatic rings. The Morgan fingerprint density at radius 1 is 1.12 bits per heavy atom. The van der Waals surface area contributed by atoms with E-state index in [-0.39, 0.29) is 5.69 Å². The Morgan fingerprint density at radius 3 is 2.20 bits per heavy atom. The molecule has 6 heteroatoms. The lowest BCUT2D eigenvalue weighted by molar-refractivity contribution is -0.167. The molecule has 0 saturated carbocycles. The summed E-state index contributed by atoms with van der Waals surface area (Å²) in [6, 6.07) is 9.95. The third-order valence-electron chi connectivity index (χ3n) is 3.78. The van der Waals surface area contributed by atoms with Gasteiger partial charge >= 0.3 is 12.1 Å². The molecule has 0 heterocycles. The van der Waals surface area contributed by atoms with Gasteiger partial charge in [0, 0.05) is 11.3 Å². The summed E-state index contributed by atoms with van der Waals surface area (Å²) in [5.74, 6) is -1.29. The molecule has 1 amide bonds. The molecule has 25 heavy (non-hydrogen) atoms. The van der Waals surface area contributed by atoms with Crippen LogP contribution in [0.25, 0.3) is 16.7 Å². The van der Waals surface area contributed by atoms with Gasteiger partial charge in [-0.2, -0.15) is 13.2 Å². The van der Waals surface area contributed by atoms with Crippen molar-refractivity contribution in [1.82, 2.24) is 0 Å². The molecule has 2 rings (SSSR count). The minimum atomic E-state index is -4.92. The van der Waals surface area contributed by atoms with Gasteiger partial charge in [-0.3, -0.25) is 4.79 Å². The molecule has 2 aromatic carbocycles. The summed E-state index contributed by atoms with van der Waals surface area (Å²) in [5, 5.41) is 1.82. The van der Waals surface area contributed by atoms with E-state index < -0.39 is 12.1 Å². The second-order valence-corrected chi connectivity index (χ2v) is 5.63. The van der Waals surface area contributed by atoms with Crippen LogP contribution in [0.15, 0.2) is 43.0 Å². The highest BCUT2D eigenvalue weighted by Crippen LogP contribution is 2.36. The Bertz CT molecular complexity index is 809. The molecule has 0 atom stereocenters. The van der Waals surface area contributed by atoms with E-state index in [2.05, 4.69) is 6.58 Å². The topological polar surface area (TPSA) is 38.3 Å². The number of carbonyl (C=O) groups excluding carboxylic acids is 1. The van der Waals surface area contributed by atoms with Crippen LogP contribution in [-0.2, 0) is 4.79 Å². The number of hydrogen-bond donors (Lipinski definition) is 1. The van der Waals surface area contributed by atoms with E-state index in [1.165, 1.54) is 12.1 Å². The number of hydrogen-bond acceptors (Lipinski definition) is 2. The van der Waals surface area contributed by atoms with Crippen LogP contribution in [0, 0.1) is 6.92 Å². The number of anilines is 1. The number of ether oxygens (including phenoxy) is 1. The molecule has 1 N–H and O–H groups in total. The van der Waals surface area contributed by atoms with Crippen molar-refractivity contribution in [1.29, 1.82) is 0 Å².